The highest BCUT2D eigenvalue weighted by Crippen LogP contribution is 2.36. The van der Waals surface area contributed by atoms with Gasteiger partial charge in [0.05, 0.1) is 22.4 Å². The van der Waals surface area contributed by atoms with Crippen molar-refractivity contribution in [2.45, 2.75) is 25.8 Å². The van der Waals surface area contributed by atoms with Crippen LogP contribution in [0.4, 0.5) is 0 Å². The van der Waals surface area contributed by atoms with Crippen molar-refractivity contribution in [2.75, 3.05) is 26.3 Å². The molecule has 4 heterocycles. The summed E-state index contributed by atoms with van der Waals surface area (Å²) in [6.45, 7) is 3.56. The molecule has 2 aromatic heterocycles. The monoisotopic (exact) mass is 599 g/mol. The highest BCUT2D eigenvalue weighted by atomic mass is 32.1. The van der Waals surface area contributed by atoms with Crippen LogP contribution in [0.2, 0.25) is 0 Å². The van der Waals surface area contributed by atoms with E-state index in [1.54, 1.807) is 23.6 Å². The van der Waals surface area contributed by atoms with E-state index < -0.39 is 12.0 Å². The molecule has 0 bridgehead atoms. The molecule has 2 aromatic carbocycles. The molecule has 0 radical (unpaired) electrons. The molecule has 0 saturated carbocycles. The topological polar surface area (TPSA) is 90.2 Å². The number of benzene rings is 2. The summed E-state index contributed by atoms with van der Waals surface area (Å²) in [5.74, 6) is 0.0899. The fourth-order valence-electron chi connectivity index (χ4n) is 5.17. The molecular formula is C32H29N3O5S2. The Bertz CT molecular complexity index is 1800. The zero-order valence-corrected chi connectivity index (χ0v) is 24.7. The normalized spacial score (nSPS) is 16.7. The number of amides is 1. The molecule has 2 aliphatic heterocycles. The number of carbonyl (C=O) groups is 2. The maximum absolute atomic E-state index is 13.9. The van der Waals surface area contributed by atoms with Crippen LogP contribution < -0.4 is 19.6 Å². The molecule has 2 aliphatic rings. The number of aromatic nitrogens is 1. The van der Waals surface area contributed by atoms with E-state index in [4.69, 9.17) is 14.5 Å². The van der Waals surface area contributed by atoms with E-state index in [0.717, 1.165) is 41.9 Å². The molecule has 0 N–H and O–H groups in total. The van der Waals surface area contributed by atoms with Gasteiger partial charge in [-0.05, 0) is 55.0 Å². The van der Waals surface area contributed by atoms with Crippen LogP contribution in [0, 0.1) is 0 Å². The Morgan fingerprint density at radius 3 is 2.48 bits per heavy atom. The Morgan fingerprint density at radius 1 is 1.02 bits per heavy atom. The first-order valence-corrected chi connectivity index (χ1v) is 15.6. The minimum atomic E-state index is -0.665. The minimum absolute atomic E-state index is 0.00459. The number of rotatable bonds is 8. The van der Waals surface area contributed by atoms with Gasteiger partial charge in [-0.3, -0.25) is 14.2 Å². The summed E-state index contributed by atoms with van der Waals surface area (Å²) < 4.78 is 13.3. The fraction of sp³-hybridized carbons (Fsp3) is 0.250. The molecule has 1 amide bonds. The summed E-state index contributed by atoms with van der Waals surface area (Å²) in [4.78, 5) is 47.7. The molecular weight excluding hydrogens is 571 g/mol. The lowest BCUT2D eigenvalue weighted by Crippen LogP contribution is -2.39. The summed E-state index contributed by atoms with van der Waals surface area (Å²) in [6.07, 6.45) is 3.89. The van der Waals surface area contributed by atoms with E-state index in [-0.39, 0.29) is 24.7 Å². The third-order valence-electron chi connectivity index (χ3n) is 7.19. The predicted molar refractivity (Wildman–Crippen MR) is 163 cm³/mol. The summed E-state index contributed by atoms with van der Waals surface area (Å²) in [5, 5.41) is 1.93. The highest BCUT2D eigenvalue weighted by Gasteiger charge is 2.35. The summed E-state index contributed by atoms with van der Waals surface area (Å²) in [5.41, 5.74) is 2.19. The van der Waals surface area contributed by atoms with Gasteiger partial charge >= 0.3 is 5.97 Å². The predicted octanol–water partition coefficient (Wildman–Crippen LogP) is 4.00. The van der Waals surface area contributed by atoms with Crippen molar-refractivity contribution in [1.82, 2.24) is 9.47 Å². The Morgan fingerprint density at radius 2 is 1.79 bits per heavy atom. The van der Waals surface area contributed by atoms with Crippen molar-refractivity contribution in [3.05, 3.63) is 113 Å². The van der Waals surface area contributed by atoms with Crippen LogP contribution in [0.1, 0.15) is 41.8 Å². The molecule has 1 fully saturated rings. The van der Waals surface area contributed by atoms with Crippen molar-refractivity contribution in [3.8, 4) is 5.75 Å². The third-order valence-corrected chi connectivity index (χ3v) is 9.09. The average Bonchev–Trinajstić information content (AvgIpc) is 3.80. The van der Waals surface area contributed by atoms with Gasteiger partial charge < -0.3 is 14.4 Å². The Labute approximate surface area is 250 Å². The smallest absolute Gasteiger partial charge is 0.338 e. The molecule has 10 heteroatoms. The van der Waals surface area contributed by atoms with Gasteiger partial charge in [0.2, 0.25) is 0 Å². The number of carbonyl (C=O) groups excluding carboxylic acids is 2. The van der Waals surface area contributed by atoms with Crippen LogP contribution >= 0.6 is 22.7 Å². The van der Waals surface area contributed by atoms with E-state index in [1.165, 1.54) is 22.7 Å². The first kappa shape index (κ1) is 27.9. The number of hydrogen-bond donors (Lipinski definition) is 0. The lowest BCUT2D eigenvalue weighted by molar-refractivity contribution is -0.139. The van der Waals surface area contributed by atoms with Gasteiger partial charge in [-0.15, -0.1) is 11.3 Å². The van der Waals surface area contributed by atoms with Gasteiger partial charge in [-0.25, -0.2) is 9.79 Å². The Hall–Kier alpha value is -4.28. The van der Waals surface area contributed by atoms with Crippen LogP contribution in [0.15, 0.2) is 87.5 Å². The molecule has 8 nitrogen and oxygen atoms in total. The SMILES string of the molecule is CCOC(=O)C1=C(c2ccccc2)N=c2s/c(=C/c3ccc(OCC(=O)N4CCCC4)cc3)c(=O)n2[C@H]1c1cccs1. The van der Waals surface area contributed by atoms with Crippen LogP contribution in [0.5, 0.6) is 5.75 Å². The van der Waals surface area contributed by atoms with Crippen molar-refractivity contribution in [2.24, 2.45) is 4.99 Å². The Kier molecular flexibility index (Phi) is 8.16. The van der Waals surface area contributed by atoms with Crippen LogP contribution in [-0.2, 0) is 14.3 Å². The van der Waals surface area contributed by atoms with Crippen molar-refractivity contribution in [3.63, 3.8) is 0 Å². The van der Waals surface area contributed by atoms with Gasteiger partial charge in [-0.2, -0.15) is 0 Å². The molecule has 4 aromatic rings. The maximum atomic E-state index is 13.9. The number of fused-ring (bicyclic) bond motifs is 1. The second kappa shape index (κ2) is 12.3. The highest BCUT2D eigenvalue weighted by molar-refractivity contribution is 7.10. The molecule has 0 aliphatic carbocycles. The zero-order valence-electron chi connectivity index (χ0n) is 23.0. The van der Waals surface area contributed by atoms with E-state index in [0.29, 0.717) is 26.4 Å². The lowest BCUT2D eigenvalue weighted by atomic mass is 9.97. The molecule has 1 saturated heterocycles. The second-order valence-electron chi connectivity index (χ2n) is 9.89. The second-order valence-corrected chi connectivity index (χ2v) is 11.9. The third kappa shape index (κ3) is 5.60. The number of esters is 1. The molecule has 214 valence electrons. The van der Waals surface area contributed by atoms with E-state index in [9.17, 15) is 14.4 Å². The maximum Gasteiger partial charge on any atom is 0.338 e. The number of thiophene rings is 1. The molecule has 42 heavy (non-hydrogen) atoms. The number of hydrogen-bond acceptors (Lipinski definition) is 8. The van der Waals surface area contributed by atoms with Crippen LogP contribution in [0.25, 0.3) is 11.8 Å². The van der Waals surface area contributed by atoms with Gasteiger partial charge in [0.15, 0.2) is 11.4 Å². The van der Waals surface area contributed by atoms with Gasteiger partial charge in [-0.1, -0.05) is 59.9 Å². The largest absolute Gasteiger partial charge is 0.484 e. The van der Waals surface area contributed by atoms with Crippen molar-refractivity contribution < 1.29 is 19.1 Å². The van der Waals surface area contributed by atoms with Gasteiger partial charge in [0.1, 0.15) is 11.8 Å². The Balaban J connectivity index is 1.38. The van der Waals surface area contributed by atoms with Gasteiger partial charge in [0.25, 0.3) is 11.5 Å². The van der Waals surface area contributed by atoms with Crippen molar-refractivity contribution in [1.29, 1.82) is 0 Å². The summed E-state index contributed by atoms with van der Waals surface area (Å²) >= 11 is 2.76. The summed E-state index contributed by atoms with van der Waals surface area (Å²) in [7, 11) is 0. The van der Waals surface area contributed by atoms with E-state index in [2.05, 4.69) is 0 Å². The average molecular weight is 600 g/mol. The fourth-order valence-corrected chi connectivity index (χ4v) is 7.00. The van der Waals surface area contributed by atoms with Crippen LogP contribution in [-0.4, -0.2) is 47.6 Å². The number of thiazole rings is 1. The number of ether oxygens (including phenoxy) is 2. The van der Waals surface area contributed by atoms with Crippen molar-refractivity contribution >= 4 is 46.3 Å². The van der Waals surface area contributed by atoms with Crippen LogP contribution in [0.3, 0.4) is 0 Å². The zero-order chi connectivity index (χ0) is 29.1. The first-order chi connectivity index (χ1) is 20.5. The molecule has 0 spiro atoms. The molecule has 0 unspecified atom stereocenters. The number of nitrogens with zero attached hydrogens (tertiary/aromatic N) is 3. The van der Waals surface area contributed by atoms with E-state index >= 15 is 0 Å². The lowest BCUT2D eigenvalue weighted by Gasteiger charge is -2.24. The molecule has 1 atom stereocenters. The van der Waals surface area contributed by atoms with Gasteiger partial charge in [0, 0.05) is 23.5 Å². The molecule has 6 rings (SSSR count). The standard InChI is InChI=1S/C32H29N3O5S2/c1-2-39-31(38)27-28(22-9-4-3-5-10-22)33-32-35(29(27)24-11-8-18-41-24)30(37)25(42-32)19-21-12-14-23(15-13-21)40-20-26(36)34-16-6-7-17-34/h3-5,8-15,18-19,29H,2,6-7,16-17,20H2,1H3/b25-19+/t29-/m0/s1. The first-order valence-electron chi connectivity index (χ1n) is 13.9. The summed E-state index contributed by atoms with van der Waals surface area (Å²) in [6, 6.07) is 20.0. The number of likely N-dealkylation sites (tertiary alicyclic amines) is 1. The minimum Gasteiger partial charge on any atom is -0.484 e. The van der Waals surface area contributed by atoms with E-state index in [1.807, 2.05) is 71.0 Å². The quantitative estimate of drug-likeness (QED) is 0.286.